The monoisotopic (exact) mass is 333 g/mol. The number of aromatic nitrogens is 3. The summed E-state index contributed by atoms with van der Waals surface area (Å²) in [5.41, 5.74) is 7.27. The lowest BCUT2D eigenvalue weighted by Gasteiger charge is -2.29. The van der Waals surface area contributed by atoms with Crippen molar-refractivity contribution in [3.63, 3.8) is 0 Å². The molecule has 0 radical (unpaired) electrons. The summed E-state index contributed by atoms with van der Waals surface area (Å²) >= 11 is 1.47. The zero-order valence-corrected chi connectivity index (χ0v) is 13.4. The van der Waals surface area contributed by atoms with Gasteiger partial charge >= 0.3 is 0 Å². The Morgan fingerprint density at radius 3 is 3.04 bits per heavy atom. The van der Waals surface area contributed by atoms with Crippen LogP contribution in [-0.4, -0.2) is 38.1 Å². The Morgan fingerprint density at radius 1 is 1.43 bits per heavy atom. The lowest BCUT2D eigenvalue weighted by Crippen LogP contribution is -2.44. The molecule has 3 rings (SSSR count). The fraction of sp³-hybridized carbons (Fsp3) is 0.467. The summed E-state index contributed by atoms with van der Waals surface area (Å²) in [6.45, 7) is 0.369. The number of hydrogen-bond acceptors (Lipinski definition) is 7. The molecular formula is C15H19N5O2S. The van der Waals surface area contributed by atoms with Gasteiger partial charge in [-0.1, -0.05) is 0 Å². The number of hydrogen-bond donors (Lipinski definition) is 3. The molecule has 8 heteroatoms. The van der Waals surface area contributed by atoms with Gasteiger partial charge in [0.25, 0.3) is 0 Å². The second-order valence-corrected chi connectivity index (χ2v) is 6.55. The summed E-state index contributed by atoms with van der Waals surface area (Å²) in [5, 5.41) is 15.3. The van der Waals surface area contributed by atoms with Crippen LogP contribution in [0.3, 0.4) is 0 Å². The molecule has 0 bridgehead atoms. The molecule has 7 nitrogen and oxygen atoms in total. The summed E-state index contributed by atoms with van der Waals surface area (Å²) in [6.07, 6.45) is 6.11. The van der Waals surface area contributed by atoms with E-state index >= 15 is 0 Å². The van der Waals surface area contributed by atoms with Gasteiger partial charge in [-0.2, -0.15) is 0 Å². The van der Waals surface area contributed by atoms with E-state index in [0.29, 0.717) is 25.8 Å². The number of rotatable bonds is 4. The van der Waals surface area contributed by atoms with Crippen LogP contribution < -0.4 is 11.1 Å². The highest BCUT2D eigenvalue weighted by Crippen LogP contribution is 2.24. The van der Waals surface area contributed by atoms with E-state index in [2.05, 4.69) is 20.3 Å². The Hall–Kier alpha value is -1.90. The van der Waals surface area contributed by atoms with Crippen molar-refractivity contribution < 1.29 is 9.90 Å². The van der Waals surface area contributed by atoms with Crippen molar-refractivity contribution in [2.75, 3.05) is 0 Å². The smallest absolute Gasteiger partial charge is 0.223 e. The minimum absolute atomic E-state index is 0.0509. The fourth-order valence-corrected chi connectivity index (χ4v) is 3.43. The van der Waals surface area contributed by atoms with E-state index in [1.807, 2.05) is 5.38 Å². The van der Waals surface area contributed by atoms with E-state index in [-0.39, 0.29) is 17.9 Å². The largest absolute Gasteiger partial charge is 0.391 e. The van der Waals surface area contributed by atoms with Crippen molar-refractivity contribution in [2.24, 2.45) is 11.7 Å². The zero-order valence-electron chi connectivity index (χ0n) is 12.6. The van der Waals surface area contributed by atoms with E-state index in [0.717, 1.165) is 16.4 Å². The summed E-state index contributed by atoms with van der Waals surface area (Å²) in [4.78, 5) is 24.9. The van der Waals surface area contributed by atoms with Gasteiger partial charge in [0.1, 0.15) is 10.7 Å². The summed E-state index contributed by atoms with van der Waals surface area (Å²) in [7, 11) is 0. The van der Waals surface area contributed by atoms with Crippen LogP contribution in [-0.2, 0) is 11.3 Å². The normalized spacial score (nSPS) is 24.3. The molecule has 2 aromatic heterocycles. The quantitative estimate of drug-likeness (QED) is 0.759. The fourth-order valence-electron chi connectivity index (χ4n) is 2.65. The first kappa shape index (κ1) is 16.0. The second-order valence-electron chi connectivity index (χ2n) is 5.69. The Kier molecular flexibility index (Phi) is 4.94. The van der Waals surface area contributed by atoms with Crippen molar-refractivity contribution in [1.29, 1.82) is 0 Å². The number of aliphatic hydroxyl groups is 1. The molecule has 1 aliphatic carbocycles. The van der Waals surface area contributed by atoms with E-state index in [9.17, 15) is 9.90 Å². The lowest BCUT2D eigenvalue weighted by atomic mass is 9.84. The molecule has 0 aliphatic heterocycles. The SMILES string of the molecule is N[C@H]1CC[C@H](C(=O)NCc2csc(-c3cnccn3)n2)C[C@@H]1O. The first-order valence-electron chi connectivity index (χ1n) is 7.55. The minimum Gasteiger partial charge on any atom is -0.391 e. The number of nitrogens with two attached hydrogens (primary N) is 1. The van der Waals surface area contributed by atoms with Crippen molar-refractivity contribution in [1.82, 2.24) is 20.3 Å². The predicted octanol–water partition coefficient (Wildman–Crippen LogP) is 0.705. The number of amides is 1. The van der Waals surface area contributed by atoms with Crippen LogP contribution in [0.4, 0.5) is 0 Å². The van der Waals surface area contributed by atoms with Gasteiger partial charge in [0.15, 0.2) is 0 Å². The van der Waals surface area contributed by atoms with E-state index < -0.39 is 6.10 Å². The van der Waals surface area contributed by atoms with Crippen molar-refractivity contribution in [3.05, 3.63) is 29.7 Å². The molecule has 4 N–H and O–H groups in total. The Balaban J connectivity index is 1.55. The second kappa shape index (κ2) is 7.12. The van der Waals surface area contributed by atoms with Crippen molar-refractivity contribution in [2.45, 2.75) is 38.0 Å². The van der Waals surface area contributed by atoms with Crippen LogP contribution >= 0.6 is 11.3 Å². The highest BCUT2D eigenvalue weighted by atomic mass is 32.1. The van der Waals surface area contributed by atoms with Crippen LogP contribution in [0, 0.1) is 5.92 Å². The van der Waals surface area contributed by atoms with Crippen molar-refractivity contribution >= 4 is 17.2 Å². The average molecular weight is 333 g/mol. The third kappa shape index (κ3) is 3.90. The highest BCUT2D eigenvalue weighted by Gasteiger charge is 2.30. The molecule has 1 amide bonds. The maximum atomic E-state index is 12.2. The molecule has 122 valence electrons. The van der Waals surface area contributed by atoms with E-state index in [4.69, 9.17) is 5.73 Å². The van der Waals surface area contributed by atoms with Gasteiger partial charge in [0, 0.05) is 29.7 Å². The predicted molar refractivity (Wildman–Crippen MR) is 86.3 cm³/mol. The molecule has 1 fully saturated rings. The van der Waals surface area contributed by atoms with Crippen LogP contribution in [0.25, 0.3) is 10.7 Å². The van der Waals surface area contributed by atoms with Gasteiger partial charge in [-0.3, -0.25) is 14.8 Å². The summed E-state index contributed by atoms with van der Waals surface area (Å²) in [6, 6.07) is -0.216. The lowest BCUT2D eigenvalue weighted by molar-refractivity contribution is -0.127. The summed E-state index contributed by atoms with van der Waals surface area (Å²) < 4.78 is 0. The van der Waals surface area contributed by atoms with Gasteiger partial charge in [-0.05, 0) is 19.3 Å². The highest BCUT2D eigenvalue weighted by molar-refractivity contribution is 7.13. The molecule has 2 heterocycles. The molecule has 3 atom stereocenters. The van der Waals surface area contributed by atoms with Crippen LogP contribution in [0.1, 0.15) is 25.0 Å². The van der Waals surface area contributed by atoms with Crippen molar-refractivity contribution in [3.8, 4) is 10.7 Å². The number of nitrogens with zero attached hydrogens (tertiary/aromatic N) is 3. The molecule has 0 aromatic carbocycles. The van der Waals surface area contributed by atoms with Crippen LogP contribution in [0.5, 0.6) is 0 Å². The first-order chi connectivity index (χ1) is 11.1. The molecule has 0 unspecified atom stereocenters. The standard InChI is InChI=1S/C15H19N5O2S/c16-11-2-1-9(5-13(11)21)14(22)19-6-10-8-23-15(20-10)12-7-17-3-4-18-12/h3-4,7-9,11,13,21H,1-2,5-6,16H2,(H,19,22)/t9-,11-,13-/m0/s1. The average Bonchev–Trinajstić information content (AvgIpc) is 3.05. The van der Waals surface area contributed by atoms with Gasteiger partial charge in [-0.15, -0.1) is 11.3 Å². The zero-order chi connectivity index (χ0) is 16.2. The van der Waals surface area contributed by atoms with E-state index in [1.165, 1.54) is 11.3 Å². The molecule has 2 aromatic rings. The number of thiazole rings is 1. The molecule has 0 spiro atoms. The van der Waals surface area contributed by atoms with Crippen LogP contribution in [0.15, 0.2) is 24.0 Å². The van der Waals surface area contributed by atoms with E-state index in [1.54, 1.807) is 18.6 Å². The Bertz CT molecular complexity index is 663. The molecule has 23 heavy (non-hydrogen) atoms. The summed E-state index contributed by atoms with van der Waals surface area (Å²) in [5.74, 6) is -0.229. The molecular weight excluding hydrogens is 314 g/mol. The maximum Gasteiger partial charge on any atom is 0.223 e. The number of nitrogens with one attached hydrogen (secondary N) is 1. The third-order valence-corrected chi connectivity index (χ3v) is 4.93. The first-order valence-corrected chi connectivity index (χ1v) is 8.43. The molecule has 1 saturated carbocycles. The topological polar surface area (TPSA) is 114 Å². The van der Waals surface area contributed by atoms with Crippen LogP contribution in [0.2, 0.25) is 0 Å². The molecule has 1 aliphatic rings. The van der Waals surface area contributed by atoms with Gasteiger partial charge in [0.2, 0.25) is 5.91 Å². The maximum absolute atomic E-state index is 12.2. The number of carbonyl (C=O) groups excluding carboxylic acids is 1. The Labute approximate surface area is 138 Å². The Morgan fingerprint density at radius 2 is 2.30 bits per heavy atom. The van der Waals surface area contributed by atoms with Gasteiger partial charge in [0.05, 0.1) is 24.5 Å². The van der Waals surface area contributed by atoms with Gasteiger partial charge < -0.3 is 16.2 Å². The molecule has 0 saturated heterocycles. The number of carbonyl (C=O) groups is 1. The third-order valence-electron chi connectivity index (χ3n) is 4.02. The minimum atomic E-state index is -0.595. The van der Waals surface area contributed by atoms with Gasteiger partial charge in [-0.25, -0.2) is 4.98 Å². The number of aliphatic hydroxyl groups excluding tert-OH is 1.